The summed E-state index contributed by atoms with van der Waals surface area (Å²) in [7, 11) is 0. The number of hydrogen-bond acceptors (Lipinski definition) is 3. The molecule has 0 atom stereocenters. The van der Waals surface area contributed by atoms with Crippen LogP contribution in [0.25, 0.3) is 44.8 Å². The molecule has 0 unspecified atom stereocenters. The summed E-state index contributed by atoms with van der Waals surface area (Å²) in [4.78, 5) is 5.37. The van der Waals surface area contributed by atoms with Gasteiger partial charge in [-0.1, -0.05) is 78.2 Å². The first-order valence-electron chi connectivity index (χ1n) is 22.9. The summed E-state index contributed by atoms with van der Waals surface area (Å²) in [6.45, 7) is 8.81. The molecular formula is C55H61HfNO2. The van der Waals surface area contributed by atoms with E-state index in [0.717, 1.165) is 91.4 Å². The van der Waals surface area contributed by atoms with Gasteiger partial charge in [0.2, 0.25) is 0 Å². The van der Waals surface area contributed by atoms with Crippen LogP contribution in [0.15, 0.2) is 78.9 Å². The standard InChI is InChI=1S/C53H57NO2.2CH3.Hf/c1-30-16-44(50(55)48(32(30)3)52-24-34-18-35(25-52)20-36(19-34)26-52)40-10-5-7-12-42(40)46-14-9-15-47(54-46)43-13-8-6-11-41(43)45-17-31(2)33(4)49(51(45)56)53-27-37-21-38(28-53)23-39(22-37)29-53;;;/h5-17,34-39,55-56H,18-29H2,1-4H3;2*1H3;/q;;;+2/p-2. The summed E-state index contributed by atoms with van der Waals surface area (Å²) < 4.78 is 4.64. The molecule has 0 N–H and O–H groups in total. The zero-order valence-corrected chi connectivity index (χ0v) is 39.8. The van der Waals surface area contributed by atoms with Gasteiger partial charge in [-0.25, -0.2) is 4.98 Å². The van der Waals surface area contributed by atoms with E-state index in [1.54, 1.807) is 0 Å². The summed E-state index contributed by atoms with van der Waals surface area (Å²) in [6, 6.07) is 27.3. The van der Waals surface area contributed by atoms with Crippen molar-refractivity contribution in [2.45, 2.75) is 125 Å². The molecule has 0 radical (unpaired) electrons. The molecule has 13 rings (SSSR count). The van der Waals surface area contributed by atoms with E-state index >= 15 is 0 Å². The average molecular weight is 947 g/mol. The first-order valence-corrected chi connectivity index (χ1v) is 30.1. The van der Waals surface area contributed by atoms with Crippen LogP contribution in [0.2, 0.25) is 9.36 Å². The van der Waals surface area contributed by atoms with Crippen LogP contribution in [0.5, 0.6) is 11.5 Å². The Morgan fingerprint density at radius 3 is 1.08 bits per heavy atom. The van der Waals surface area contributed by atoms with E-state index < -0.39 is 0 Å². The Hall–Kier alpha value is -3.50. The third kappa shape index (κ3) is 6.63. The Balaban J connectivity index is 0.00000136. The van der Waals surface area contributed by atoms with E-state index in [4.69, 9.17) is 4.98 Å². The van der Waals surface area contributed by atoms with E-state index in [2.05, 4.69) is 116 Å². The number of nitrogens with zero attached hydrogens (tertiary/aromatic N) is 1. The molecule has 0 spiro atoms. The molecule has 8 aliphatic rings. The van der Waals surface area contributed by atoms with Crippen LogP contribution in [-0.4, -0.2) is 4.98 Å². The van der Waals surface area contributed by atoms with E-state index in [0.29, 0.717) is 0 Å². The first-order chi connectivity index (χ1) is 28.5. The molecule has 5 aromatic rings. The fraction of sp³-hybridized carbons (Fsp3) is 0.473. The second kappa shape index (κ2) is 15.1. The fourth-order valence-corrected chi connectivity index (χ4v) is 14.9. The maximum atomic E-state index is 15.0. The molecule has 3 nitrogen and oxygen atoms in total. The monoisotopic (exact) mass is 947 g/mol. The molecule has 1 heterocycles. The molecule has 4 heteroatoms. The Morgan fingerprint density at radius 1 is 0.458 bits per heavy atom. The second-order valence-electron chi connectivity index (χ2n) is 20.5. The van der Waals surface area contributed by atoms with Crippen molar-refractivity contribution in [3.63, 3.8) is 0 Å². The van der Waals surface area contributed by atoms with Crippen molar-refractivity contribution in [3.8, 4) is 56.3 Å². The SMILES string of the molecule is Cc1cc(-c2ccccc2-c2cccc(-c3ccccc3-c3cc(C)c(C)c(C45CC6CC(CC(C6)C4)C5)c3[O-])n2)c([O-])c(C23CC4CC(CC(C4)C2)C3)c1C.[CH3][Hf+2][CH3]. The number of benzene rings is 4. The van der Waals surface area contributed by atoms with Crippen LogP contribution in [0.1, 0.15) is 110 Å². The van der Waals surface area contributed by atoms with Crippen molar-refractivity contribution >= 4 is 0 Å². The van der Waals surface area contributed by atoms with E-state index in [-0.39, 0.29) is 45.2 Å². The van der Waals surface area contributed by atoms with Crippen LogP contribution in [-0.2, 0) is 33.7 Å². The predicted octanol–water partition coefficient (Wildman–Crippen LogP) is 13.2. The quantitative estimate of drug-likeness (QED) is 0.159. The Morgan fingerprint density at radius 2 is 0.763 bits per heavy atom. The van der Waals surface area contributed by atoms with Crippen molar-refractivity contribution in [3.05, 3.63) is 112 Å². The molecule has 0 amide bonds. The molecule has 0 aliphatic heterocycles. The molecule has 8 bridgehead atoms. The molecule has 1 aromatic heterocycles. The molecule has 8 aliphatic carbocycles. The summed E-state index contributed by atoms with van der Waals surface area (Å²) in [6.07, 6.45) is 15.3. The van der Waals surface area contributed by atoms with Gasteiger partial charge in [0.25, 0.3) is 0 Å². The van der Waals surface area contributed by atoms with Crippen molar-refractivity contribution < 1.29 is 33.1 Å². The third-order valence-corrected chi connectivity index (χ3v) is 16.5. The van der Waals surface area contributed by atoms with E-state index in [9.17, 15) is 10.2 Å². The fourth-order valence-electron chi connectivity index (χ4n) is 14.9. The second-order valence-corrected chi connectivity index (χ2v) is 24.1. The van der Waals surface area contributed by atoms with Gasteiger partial charge in [0.1, 0.15) is 0 Å². The van der Waals surface area contributed by atoms with Crippen LogP contribution < -0.4 is 10.2 Å². The molecule has 8 saturated carbocycles. The average Bonchev–Trinajstić information content (AvgIpc) is 3.20. The van der Waals surface area contributed by atoms with Crippen LogP contribution in [0.3, 0.4) is 0 Å². The molecule has 4 aromatic carbocycles. The van der Waals surface area contributed by atoms with Crippen molar-refractivity contribution in [2.24, 2.45) is 35.5 Å². The van der Waals surface area contributed by atoms with Gasteiger partial charge in [-0.3, -0.25) is 0 Å². The normalized spacial score (nSPS) is 29.6. The van der Waals surface area contributed by atoms with Gasteiger partial charge in [0.05, 0.1) is 11.4 Å². The topological polar surface area (TPSA) is 59.0 Å². The van der Waals surface area contributed by atoms with Gasteiger partial charge >= 0.3 is 32.3 Å². The first kappa shape index (κ1) is 39.6. The van der Waals surface area contributed by atoms with Gasteiger partial charge in [-0.15, -0.1) is 0 Å². The molecule has 0 saturated heterocycles. The van der Waals surface area contributed by atoms with Gasteiger partial charge in [-0.05, 0) is 219 Å². The third-order valence-electron chi connectivity index (χ3n) is 16.5. The molecule has 302 valence electrons. The van der Waals surface area contributed by atoms with E-state index in [1.165, 1.54) is 99.3 Å². The van der Waals surface area contributed by atoms with Crippen LogP contribution >= 0.6 is 0 Å². The Labute approximate surface area is 364 Å². The van der Waals surface area contributed by atoms with Gasteiger partial charge in [0.15, 0.2) is 0 Å². The van der Waals surface area contributed by atoms with Crippen molar-refractivity contribution in [2.75, 3.05) is 0 Å². The van der Waals surface area contributed by atoms with Crippen LogP contribution in [0, 0.1) is 63.2 Å². The van der Waals surface area contributed by atoms with E-state index in [1.807, 2.05) is 0 Å². The predicted molar refractivity (Wildman–Crippen MR) is 235 cm³/mol. The number of aromatic nitrogens is 1. The van der Waals surface area contributed by atoms with Crippen molar-refractivity contribution in [1.82, 2.24) is 4.98 Å². The number of aryl methyl sites for hydroxylation is 2. The summed E-state index contributed by atoms with van der Waals surface area (Å²) in [5.41, 5.74) is 14.3. The molecular weight excluding hydrogens is 885 g/mol. The minimum absolute atomic E-state index is 0.0256. The Bertz CT molecular complexity index is 2210. The number of hydrogen-bond donors (Lipinski definition) is 0. The number of rotatable bonds is 6. The van der Waals surface area contributed by atoms with Crippen molar-refractivity contribution in [1.29, 1.82) is 0 Å². The van der Waals surface area contributed by atoms with Gasteiger partial charge in [-0.2, -0.15) is 0 Å². The summed E-state index contributed by atoms with van der Waals surface area (Å²) in [5, 5.41) is 30.0. The number of pyridine rings is 1. The maximum absolute atomic E-state index is 15.0. The minimum atomic E-state index is 0.0256. The Kier molecular flexibility index (Phi) is 10.2. The zero-order valence-electron chi connectivity index (χ0n) is 36.2. The van der Waals surface area contributed by atoms with Gasteiger partial charge < -0.3 is 10.2 Å². The molecule has 8 fully saturated rings. The summed E-state index contributed by atoms with van der Waals surface area (Å²) >= 11 is 0.0833. The van der Waals surface area contributed by atoms with Gasteiger partial charge in [0, 0.05) is 11.1 Å². The zero-order chi connectivity index (χ0) is 40.8. The van der Waals surface area contributed by atoms with Crippen LogP contribution in [0.4, 0.5) is 0 Å². The molecule has 59 heavy (non-hydrogen) atoms. The summed E-state index contributed by atoms with van der Waals surface area (Å²) in [5.74, 6) is 5.11.